The summed E-state index contributed by atoms with van der Waals surface area (Å²) in [7, 11) is 1.54. The second kappa shape index (κ2) is 13.1. The van der Waals surface area contributed by atoms with E-state index in [0.717, 1.165) is 24.0 Å². The Labute approximate surface area is 229 Å². The van der Waals surface area contributed by atoms with Gasteiger partial charge in [-0.05, 0) is 60.9 Å². The number of aliphatic hydroxyl groups is 1. The molecule has 204 valence electrons. The Kier molecular flexibility index (Phi) is 9.39. The molecule has 1 atom stereocenters. The number of likely N-dealkylation sites (tertiary alicyclic amines) is 1. The van der Waals surface area contributed by atoms with Crippen LogP contribution < -0.4 is 9.47 Å². The van der Waals surface area contributed by atoms with Crippen LogP contribution in [0.5, 0.6) is 11.5 Å². The first kappa shape index (κ1) is 27.9. The van der Waals surface area contributed by atoms with Gasteiger partial charge in [-0.1, -0.05) is 55.3 Å². The minimum Gasteiger partial charge on any atom is -0.507 e. The molecule has 1 amide bonds. The van der Waals surface area contributed by atoms with Crippen LogP contribution in [0.4, 0.5) is 0 Å². The van der Waals surface area contributed by atoms with E-state index in [1.165, 1.54) is 12.0 Å². The van der Waals surface area contributed by atoms with Gasteiger partial charge in [-0.25, -0.2) is 0 Å². The third kappa shape index (κ3) is 6.67. The third-order valence-electron chi connectivity index (χ3n) is 6.65. The van der Waals surface area contributed by atoms with Crippen LogP contribution in [-0.4, -0.2) is 48.6 Å². The second-order valence-corrected chi connectivity index (χ2v) is 9.56. The van der Waals surface area contributed by atoms with Crippen molar-refractivity contribution in [1.29, 1.82) is 0 Å². The fourth-order valence-electron chi connectivity index (χ4n) is 4.56. The first-order chi connectivity index (χ1) is 18.9. The van der Waals surface area contributed by atoms with Crippen molar-refractivity contribution in [3.8, 4) is 11.5 Å². The van der Waals surface area contributed by atoms with Gasteiger partial charge in [-0.15, -0.1) is 0 Å². The lowest BCUT2D eigenvalue weighted by Gasteiger charge is -2.25. The van der Waals surface area contributed by atoms with Gasteiger partial charge in [-0.3, -0.25) is 9.59 Å². The number of ketones is 1. The van der Waals surface area contributed by atoms with Crippen LogP contribution in [0, 0.1) is 6.92 Å². The first-order valence-electron chi connectivity index (χ1n) is 13.2. The minimum absolute atomic E-state index is 0.0455. The summed E-state index contributed by atoms with van der Waals surface area (Å²) in [5, 5.41) is 11.3. The molecule has 7 nitrogen and oxygen atoms in total. The number of hydrogen-bond donors (Lipinski definition) is 1. The molecule has 3 aromatic rings. The predicted octanol–water partition coefficient (Wildman–Crippen LogP) is 5.82. The Morgan fingerprint density at radius 3 is 2.28 bits per heavy atom. The van der Waals surface area contributed by atoms with Gasteiger partial charge >= 0.3 is 0 Å². The van der Waals surface area contributed by atoms with E-state index in [0.29, 0.717) is 35.8 Å². The molecule has 1 saturated heterocycles. The van der Waals surface area contributed by atoms with Crippen LogP contribution >= 0.6 is 0 Å². The number of methoxy groups -OCH3 is 1. The highest BCUT2D eigenvalue weighted by molar-refractivity contribution is 6.46. The average Bonchev–Trinajstić information content (AvgIpc) is 3.20. The van der Waals surface area contributed by atoms with Gasteiger partial charge in [-0.2, -0.15) is 0 Å². The van der Waals surface area contributed by atoms with E-state index in [4.69, 9.17) is 14.2 Å². The zero-order valence-corrected chi connectivity index (χ0v) is 22.7. The lowest BCUT2D eigenvalue weighted by molar-refractivity contribution is -0.140. The molecule has 1 fully saturated rings. The summed E-state index contributed by atoms with van der Waals surface area (Å²) in [5.74, 6) is -0.283. The lowest BCUT2D eigenvalue weighted by atomic mass is 9.95. The molecule has 4 rings (SSSR count). The summed E-state index contributed by atoms with van der Waals surface area (Å²) in [4.78, 5) is 27.6. The number of nitrogens with zero attached hydrogens (tertiary/aromatic N) is 1. The van der Waals surface area contributed by atoms with Crippen LogP contribution in [0.15, 0.2) is 78.4 Å². The molecule has 0 bridgehead atoms. The molecule has 1 N–H and O–H groups in total. The number of aliphatic hydroxyl groups excluding tert-OH is 1. The zero-order chi connectivity index (χ0) is 27.8. The highest BCUT2D eigenvalue weighted by Crippen LogP contribution is 2.39. The van der Waals surface area contributed by atoms with E-state index in [2.05, 4.69) is 13.0 Å². The molecule has 3 aromatic carbocycles. The van der Waals surface area contributed by atoms with Crippen molar-refractivity contribution in [2.24, 2.45) is 0 Å². The monoisotopic (exact) mass is 529 g/mol. The number of amides is 1. The Bertz CT molecular complexity index is 1310. The van der Waals surface area contributed by atoms with Crippen molar-refractivity contribution in [3.05, 3.63) is 101 Å². The Morgan fingerprint density at radius 1 is 0.923 bits per heavy atom. The maximum Gasteiger partial charge on any atom is 0.295 e. The van der Waals surface area contributed by atoms with Crippen LogP contribution in [0.25, 0.3) is 5.76 Å². The number of rotatable bonds is 12. The molecule has 0 aliphatic carbocycles. The van der Waals surface area contributed by atoms with Crippen LogP contribution in [-0.2, 0) is 20.9 Å². The lowest BCUT2D eigenvalue weighted by Crippen LogP contribution is -2.32. The van der Waals surface area contributed by atoms with E-state index < -0.39 is 17.7 Å². The smallest absolute Gasteiger partial charge is 0.295 e. The second-order valence-electron chi connectivity index (χ2n) is 9.56. The van der Waals surface area contributed by atoms with Gasteiger partial charge in [0.1, 0.15) is 23.9 Å². The molecular weight excluding hydrogens is 494 g/mol. The number of hydrogen-bond acceptors (Lipinski definition) is 6. The Hall–Kier alpha value is -4.10. The van der Waals surface area contributed by atoms with Crippen molar-refractivity contribution in [2.45, 2.75) is 39.3 Å². The number of ether oxygens (including phenoxy) is 3. The van der Waals surface area contributed by atoms with E-state index in [9.17, 15) is 14.7 Å². The fourth-order valence-corrected chi connectivity index (χ4v) is 4.56. The number of benzene rings is 3. The largest absolute Gasteiger partial charge is 0.507 e. The predicted molar refractivity (Wildman–Crippen MR) is 150 cm³/mol. The van der Waals surface area contributed by atoms with Gasteiger partial charge in [0.2, 0.25) is 0 Å². The average molecular weight is 530 g/mol. The Balaban J connectivity index is 1.60. The molecule has 1 heterocycles. The highest BCUT2D eigenvalue weighted by Gasteiger charge is 2.45. The Morgan fingerprint density at radius 2 is 1.62 bits per heavy atom. The summed E-state index contributed by atoms with van der Waals surface area (Å²) < 4.78 is 16.8. The molecule has 0 radical (unpaired) electrons. The van der Waals surface area contributed by atoms with Crippen molar-refractivity contribution < 1.29 is 28.9 Å². The van der Waals surface area contributed by atoms with Crippen molar-refractivity contribution >= 4 is 17.4 Å². The van der Waals surface area contributed by atoms with Crippen molar-refractivity contribution in [1.82, 2.24) is 4.90 Å². The topological polar surface area (TPSA) is 85.3 Å². The number of aryl methyl sites for hydroxylation is 1. The quantitative estimate of drug-likeness (QED) is 0.138. The van der Waals surface area contributed by atoms with E-state index >= 15 is 0 Å². The van der Waals surface area contributed by atoms with Gasteiger partial charge in [0, 0.05) is 19.2 Å². The number of unbranched alkanes of at least 4 members (excludes halogenated alkanes) is 1. The first-order valence-corrected chi connectivity index (χ1v) is 13.2. The number of Topliss-reactive ketones (excluding diaryl/α,β-unsaturated/α-hetero) is 1. The third-order valence-corrected chi connectivity index (χ3v) is 6.65. The number of carbonyl (C=O) groups is 2. The normalized spacial score (nSPS) is 16.5. The van der Waals surface area contributed by atoms with Crippen molar-refractivity contribution in [2.75, 3.05) is 26.9 Å². The van der Waals surface area contributed by atoms with E-state index in [1.54, 1.807) is 24.3 Å². The van der Waals surface area contributed by atoms with Crippen LogP contribution in [0.1, 0.15) is 48.1 Å². The molecule has 39 heavy (non-hydrogen) atoms. The van der Waals surface area contributed by atoms with Crippen LogP contribution in [0.3, 0.4) is 0 Å². The summed E-state index contributed by atoms with van der Waals surface area (Å²) in [5.41, 5.74) is 3.38. The van der Waals surface area contributed by atoms with Gasteiger partial charge in [0.05, 0.1) is 24.8 Å². The molecule has 1 aliphatic rings. The molecule has 0 unspecified atom stereocenters. The minimum atomic E-state index is -0.748. The fraction of sp³-hybridized carbons (Fsp3) is 0.312. The van der Waals surface area contributed by atoms with Gasteiger partial charge in [0.25, 0.3) is 11.7 Å². The van der Waals surface area contributed by atoms with E-state index in [-0.39, 0.29) is 24.5 Å². The molecule has 7 heteroatoms. The maximum absolute atomic E-state index is 13.2. The van der Waals surface area contributed by atoms with E-state index in [1.807, 2.05) is 49.4 Å². The summed E-state index contributed by atoms with van der Waals surface area (Å²) in [6.45, 7) is 5.63. The summed E-state index contributed by atoms with van der Waals surface area (Å²) in [6, 6.07) is 21.5. The summed E-state index contributed by atoms with van der Waals surface area (Å²) >= 11 is 0. The molecule has 1 aliphatic heterocycles. The van der Waals surface area contributed by atoms with Crippen molar-refractivity contribution in [3.63, 3.8) is 0 Å². The molecule has 0 spiro atoms. The molecule has 0 aromatic heterocycles. The highest BCUT2D eigenvalue weighted by atomic mass is 16.5. The SMILES string of the molecule is CCCCOc1ccc([C@@H]2/C(=C(\O)c3ccc(OCc4cccc(C)c4)cc3)C(=O)C(=O)N2CCOC)cc1. The zero-order valence-electron chi connectivity index (χ0n) is 22.7. The standard InChI is InChI=1S/C32H35NO6/c1-4-5-18-38-26-13-9-24(10-14-26)29-28(31(35)32(36)33(29)17-19-37-3)30(34)25-11-15-27(16-12-25)39-21-23-8-6-7-22(2)20-23/h6-16,20,29,34H,4-5,17-19,21H2,1-3H3/b30-28+/t29-/m1/s1. The maximum atomic E-state index is 13.2. The van der Waals surface area contributed by atoms with Gasteiger partial charge < -0.3 is 24.2 Å². The summed E-state index contributed by atoms with van der Waals surface area (Å²) in [6.07, 6.45) is 1.99. The molecular formula is C32H35NO6. The van der Waals surface area contributed by atoms with Crippen LogP contribution in [0.2, 0.25) is 0 Å². The molecule has 0 saturated carbocycles. The number of carbonyl (C=O) groups excluding carboxylic acids is 2. The van der Waals surface area contributed by atoms with Gasteiger partial charge in [0.15, 0.2) is 0 Å².